The zero-order chi connectivity index (χ0) is 42.4. The van der Waals surface area contributed by atoms with Crippen LogP contribution in [0.1, 0.15) is 61.8 Å². The van der Waals surface area contributed by atoms with Gasteiger partial charge in [0.15, 0.2) is 0 Å². The van der Waals surface area contributed by atoms with E-state index in [1.807, 2.05) is 0 Å². The molecule has 19 heteroatoms. The van der Waals surface area contributed by atoms with Crippen molar-refractivity contribution in [3.63, 3.8) is 0 Å². The van der Waals surface area contributed by atoms with E-state index in [4.69, 9.17) is 29.5 Å². The number of fused-ring (bicyclic) bond motifs is 4. The van der Waals surface area contributed by atoms with Gasteiger partial charge >= 0.3 is 18.3 Å². The van der Waals surface area contributed by atoms with Gasteiger partial charge in [0.05, 0.1) is 87.8 Å². The van der Waals surface area contributed by atoms with E-state index in [0.717, 1.165) is 30.6 Å². The maximum absolute atomic E-state index is 13.4. The number of carbonyl (C=O) groups excluding carboxylic acids is 3. The zero-order valence-electron chi connectivity index (χ0n) is 31.2. The van der Waals surface area contributed by atoms with Crippen LogP contribution in [-0.4, -0.2) is 77.3 Å². The molecular formula is C40H34F6N4O9. The van der Waals surface area contributed by atoms with E-state index in [9.17, 15) is 50.6 Å². The fourth-order valence-electron chi connectivity index (χ4n) is 12.0. The van der Waals surface area contributed by atoms with Crippen molar-refractivity contribution in [1.29, 1.82) is 10.5 Å². The molecule has 8 aliphatic rings. The summed E-state index contributed by atoms with van der Waals surface area (Å²) in [5.74, 6) is -5.33. The standard InChI is InChI=1S/C20H17F3N2O5.C20H17F3N2O4/c1-18-7-12(17(27)28)19(30-18)4-5-29-16-14(19)13(18)15(26)25(16)10-3-2-9(8-24)11(6-10)20(21,22)23;1-18-7-11(9-26)19(29-18)4-5-28-17-15(19)14(18)16(27)25(17)12-3-2-10(8-24)13(6-12)20(21,22)23/h2-3,6,12-14,16H,4-5,7H2,1H3,(H,27,28);2-3,6,9,11,14-15,17H,4-5,7H2,1H3/t12-,13+,14-,16-,18+,19-;11-,14+,15-,17-,18+,19-/m00/s1. The lowest BCUT2D eigenvalue weighted by Gasteiger charge is -2.44. The van der Waals surface area contributed by atoms with Gasteiger partial charge in [-0.2, -0.15) is 36.9 Å². The summed E-state index contributed by atoms with van der Waals surface area (Å²) in [7, 11) is 0. The molecule has 0 aliphatic carbocycles. The van der Waals surface area contributed by atoms with Gasteiger partial charge in [-0.05, 0) is 63.1 Å². The second-order valence-corrected chi connectivity index (χ2v) is 16.9. The summed E-state index contributed by atoms with van der Waals surface area (Å²) in [6.07, 6.45) is -9.02. The molecule has 1 N–H and O–H groups in total. The summed E-state index contributed by atoms with van der Waals surface area (Å²) in [6.45, 7) is 3.85. The Hall–Kier alpha value is -5.08. The van der Waals surface area contributed by atoms with Crippen LogP contribution in [0, 0.1) is 58.2 Å². The minimum Gasteiger partial charge on any atom is -0.481 e. The van der Waals surface area contributed by atoms with E-state index in [-0.39, 0.29) is 42.8 Å². The number of anilines is 2. The Morgan fingerprint density at radius 2 is 1.22 bits per heavy atom. The lowest BCUT2D eigenvalue weighted by Crippen LogP contribution is -2.56. The van der Waals surface area contributed by atoms with Crippen LogP contribution in [0.3, 0.4) is 0 Å². The highest BCUT2D eigenvalue weighted by Crippen LogP contribution is 2.68. The highest BCUT2D eigenvalue weighted by molar-refractivity contribution is 6.01. The third kappa shape index (κ3) is 5.17. The number of rotatable bonds is 4. The SMILES string of the molecule is C[C@@]12C[C@@H](C(=O)O)[C@]3(CCO[C@H]4[C@@H]3[C@@H]1C(=O)N4c1ccc(C#N)c(C(F)(F)F)c1)O2.C[C@@]12C[C@@H](C=O)[C@]3(CCO[C@H]4[C@@H]3[C@@H]1C(=O)N4c1ccc(C#N)c(C(F)(F)F)c1)O2. The van der Waals surface area contributed by atoms with E-state index in [1.165, 1.54) is 28.0 Å². The average Bonchev–Trinajstić information content (AvgIpc) is 3.97. The van der Waals surface area contributed by atoms with Crippen LogP contribution in [0.2, 0.25) is 0 Å². The predicted octanol–water partition coefficient (Wildman–Crippen LogP) is 5.18. The fraction of sp³-hybridized carbons (Fsp3) is 0.550. The van der Waals surface area contributed by atoms with Crippen LogP contribution in [-0.2, 0) is 50.5 Å². The van der Waals surface area contributed by atoms with E-state index in [2.05, 4.69) is 0 Å². The number of halogens is 6. The molecule has 8 saturated heterocycles. The third-order valence-corrected chi connectivity index (χ3v) is 14.0. The Kier molecular flexibility index (Phi) is 8.33. The largest absolute Gasteiger partial charge is 0.481 e. The molecule has 0 unspecified atom stereocenters. The summed E-state index contributed by atoms with van der Waals surface area (Å²) >= 11 is 0. The van der Waals surface area contributed by atoms with E-state index >= 15 is 0 Å². The van der Waals surface area contributed by atoms with Gasteiger partial charge in [-0.3, -0.25) is 24.2 Å². The first kappa shape index (κ1) is 39.4. The van der Waals surface area contributed by atoms with Crippen LogP contribution < -0.4 is 9.80 Å². The number of nitrogens with zero attached hydrogens (tertiary/aromatic N) is 4. The van der Waals surface area contributed by atoms with Crippen molar-refractivity contribution < 1.29 is 69.6 Å². The number of carbonyl (C=O) groups is 4. The number of hydrogen-bond acceptors (Lipinski definition) is 10. The maximum Gasteiger partial charge on any atom is 0.417 e. The second-order valence-electron chi connectivity index (χ2n) is 16.9. The number of amides is 2. The quantitative estimate of drug-likeness (QED) is 0.317. The van der Waals surface area contributed by atoms with Gasteiger partial charge in [-0.25, -0.2) is 0 Å². The first-order chi connectivity index (χ1) is 27.7. The zero-order valence-corrected chi connectivity index (χ0v) is 31.2. The average molecular weight is 829 g/mol. The van der Waals surface area contributed by atoms with Gasteiger partial charge in [-0.1, -0.05) is 0 Å². The molecule has 13 nitrogen and oxygen atoms in total. The molecular weight excluding hydrogens is 794 g/mol. The molecule has 4 bridgehead atoms. The Morgan fingerprint density at radius 3 is 1.66 bits per heavy atom. The monoisotopic (exact) mass is 828 g/mol. The van der Waals surface area contributed by atoms with Crippen molar-refractivity contribution >= 4 is 35.4 Å². The maximum atomic E-state index is 13.4. The van der Waals surface area contributed by atoms with Crippen molar-refractivity contribution in [2.75, 3.05) is 23.0 Å². The molecule has 12 atom stereocenters. The molecule has 0 aromatic heterocycles. The van der Waals surface area contributed by atoms with Gasteiger partial charge in [-0.15, -0.1) is 0 Å². The van der Waals surface area contributed by atoms with E-state index < -0.39 is 111 Å². The Balaban J connectivity index is 0.000000152. The molecule has 8 aliphatic heterocycles. The van der Waals surface area contributed by atoms with Crippen molar-refractivity contribution in [2.45, 2.75) is 86.7 Å². The molecule has 2 aromatic rings. The first-order valence-corrected chi connectivity index (χ1v) is 18.9. The molecule has 2 amide bonds. The van der Waals surface area contributed by atoms with Crippen molar-refractivity contribution in [3.05, 3.63) is 58.7 Å². The van der Waals surface area contributed by atoms with Gasteiger partial charge in [0.25, 0.3) is 0 Å². The molecule has 8 fully saturated rings. The van der Waals surface area contributed by atoms with Crippen LogP contribution in [0.15, 0.2) is 36.4 Å². The van der Waals surface area contributed by atoms with E-state index in [1.54, 1.807) is 19.9 Å². The van der Waals surface area contributed by atoms with E-state index in [0.29, 0.717) is 19.3 Å². The number of hydrogen-bond donors (Lipinski definition) is 1. The van der Waals surface area contributed by atoms with Gasteiger partial charge in [0.1, 0.15) is 18.7 Å². The topological polar surface area (TPSA) is 179 Å². The van der Waals surface area contributed by atoms with Crippen molar-refractivity contribution in [3.8, 4) is 12.1 Å². The Bertz CT molecular complexity index is 2310. The highest BCUT2D eigenvalue weighted by atomic mass is 19.4. The number of carboxylic acid groups (broad SMARTS) is 1. The van der Waals surface area contributed by atoms with Gasteiger partial charge in [0.2, 0.25) is 11.8 Å². The van der Waals surface area contributed by atoms with Crippen LogP contribution in [0.25, 0.3) is 0 Å². The number of carboxylic acids is 1. The molecule has 2 spiro atoms. The summed E-state index contributed by atoms with van der Waals surface area (Å²) in [5.41, 5.74) is -7.06. The lowest BCUT2D eigenvalue weighted by molar-refractivity contribution is -0.169. The number of aliphatic carboxylic acids is 1. The number of benzene rings is 2. The van der Waals surface area contributed by atoms with Gasteiger partial charge in [0, 0.05) is 42.0 Å². The number of nitriles is 2. The third-order valence-electron chi connectivity index (χ3n) is 14.0. The molecule has 10 rings (SSSR count). The smallest absolute Gasteiger partial charge is 0.417 e. The summed E-state index contributed by atoms with van der Waals surface area (Å²) in [6, 6.07) is 9.39. The predicted molar refractivity (Wildman–Crippen MR) is 184 cm³/mol. The fourth-order valence-corrected chi connectivity index (χ4v) is 12.0. The minimum atomic E-state index is -4.77. The molecule has 0 saturated carbocycles. The van der Waals surface area contributed by atoms with Crippen LogP contribution >= 0.6 is 0 Å². The number of alkyl halides is 6. The molecule has 2 aromatic carbocycles. The summed E-state index contributed by atoms with van der Waals surface area (Å²) in [4.78, 5) is 52.8. The highest BCUT2D eigenvalue weighted by Gasteiger charge is 2.80. The van der Waals surface area contributed by atoms with Gasteiger partial charge < -0.3 is 28.8 Å². The number of ether oxygens (including phenoxy) is 4. The lowest BCUT2D eigenvalue weighted by atomic mass is 9.61. The Labute approximate surface area is 331 Å². The van der Waals surface area contributed by atoms with Crippen molar-refractivity contribution in [1.82, 2.24) is 0 Å². The molecule has 310 valence electrons. The molecule has 0 radical (unpaired) electrons. The minimum absolute atomic E-state index is 0.0300. The molecule has 8 heterocycles. The first-order valence-electron chi connectivity index (χ1n) is 18.9. The number of aldehydes is 1. The van der Waals surface area contributed by atoms with Crippen LogP contribution in [0.4, 0.5) is 37.7 Å². The normalized spacial score (nSPS) is 39.6. The Morgan fingerprint density at radius 1 is 0.780 bits per heavy atom. The second kappa shape index (κ2) is 12.5. The molecule has 59 heavy (non-hydrogen) atoms. The summed E-state index contributed by atoms with van der Waals surface area (Å²) in [5, 5.41) is 27.8. The van der Waals surface area contributed by atoms with Crippen molar-refractivity contribution in [2.24, 2.45) is 35.5 Å². The van der Waals surface area contributed by atoms with Crippen LogP contribution in [0.5, 0.6) is 0 Å². The summed E-state index contributed by atoms with van der Waals surface area (Å²) < 4.78 is 105.